The fourth-order valence-corrected chi connectivity index (χ4v) is 2.75. The number of rotatable bonds is 4. The molecule has 0 unspecified atom stereocenters. The molecule has 4 nitrogen and oxygen atoms in total. The zero-order chi connectivity index (χ0) is 14.5. The normalized spacial score (nSPS) is 18.9. The summed E-state index contributed by atoms with van der Waals surface area (Å²) in [5, 5.41) is 0.682. The second kappa shape index (κ2) is 6.75. The van der Waals surface area contributed by atoms with Gasteiger partial charge in [-0.25, -0.2) is 0 Å². The van der Waals surface area contributed by atoms with Crippen LogP contribution in [0.15, 0.2) is 24.3 Å². The summed E-state index contributed by atoms with van der Waals surface area (Å²) in [5.74, 6) is -0.424. The Labute approximate surface area is 123 Å². The van der Waals surface area contributed by atoms with Gasteiger partial charge in [0.05, 0.1) is 5.92 Å². The highest BCUT2D eigenvalue weighted by Gasteiger charge is 2.26. The Balaban J connectivity index is 1.87. The summed E-state index contributed by atoms with van der Waals surface area (Å²) in [6, 6.07) is 7.53. The number of halogens is 1. The maximum absolute atomic E-state index is 12.2. The van der Waals surface area contributed by atoms with Crippen molar-refractivity contribution in [3.05, 3.63) is 34.9 Å². The number of primary amides is 1. The van der Waals surface area contributed by atoms with E-state index in [2.05, 4.69) is 0 Å². The van der Waals surface area contributed by atoms with Crippen LogP contribution in [0.2, 0.25) is 5.02 Å². The lowest BCUT2D eigenvalue weighted by atomic mass is 9.97. The number of nitrogens with two attached hydrogens (primary N) is 1. The lowest BCUT2D eigenvalue weighted by Gasteiger charge is -2.31. The molecular weight excluding hydrogens is 276 g/mol. The first-order valence-corrected chi connectivity index (χ1v) is 7.25. The van der Waals surface area contributed by atoms with E-state index in [0.29, 0.717) is 24.4 Å². The summed E-state index contributed by atoms with van der Waals surface area (Å²) < 4.78 is 0. The van der Waals surface area contributed by atoms with E-state index in [4.69, 9.17) is 17.3 Å². The van der Waals surface area contributed by atoms with E-state index in [1.54, 1.807) is 4.90 Å². The molecule has 2 N–H and O–H groups in total. The number of amides is 2. The molecule has 2 rings (SSSR count). The molecular formula is C15H19ClN2O2. The van der Waals surface area contributed by atoms with Crippen molar-refractivity contribution in [2.75, 3.05) is 13.1 Å². The third-order valence-corrected chi connectivity index (χ3v) is 3.93. The first-order chi connectivity index (χ1) is 9.56. The molecule has 1 aromatic carbocycles. The van der Waals surface area contributed by atoms with Crippen LogP contribution in [-0.4, -0.2) is 29.8 Å². The Morgan fingerprint density at radius 1 is 1.40 bits per heavy atom. The number of nitrogens with zero attached hydrogens (tertiary/aromatic N) is 1. The van der Waals surface area contributed by atoms with Gasteiger partial charge >= 0.3 is 0 Å². The molecule has 1 atom stereocenters. The maximum atomic E-state index is 12.2. The van der Waals surface area contributed by atoms with Crippen LogP contribution < -0.4 is 5.73 Å². The fourth-order valence-electron chi connectivity index (χ4n) is 2.54. The summed E-state index contributed by atoms with van der Waals surface area (Å²) in [6.45, 7) is 1.18. The van der Waals surface area contributed by atoms with E-state index in [-0.39, 0.29) is 17.7 Å². The molecule has 1 heterocycles. The summed E-state index contributed by atoms with van der Waals surface area (Å²) in [7, 11) is 0. The molecule has 1 saturated heterocycles. The number of likely N-dealkylation sites (tertiary alicyclic amines) is 1. The van der Waals surface area contributed by atoms with Crippen molar-refractivity contribution >= 4 is 23.4 Å². The molecule has 0 aliphatic carbocycles. The van der Waals surface area contributed by atoms with Crippen molar-refractivity contribution in [1.29, 1.82) is 0 Å². The molecule has 108 valence electrons. The summed E-state index contributed by atoms with van der Waals surface area (Å²) in [5.41, 5.74) is 6.37. The predicted octanol–water partition coefficient (Wildman–Crippen LogP) is 2.00. The molecule has 1 aliphatic rings. The number of carbonyl (C=O) groups excluding carboxylic acids is 2. The first kappa shape index (κ1) is 14.9. The van der Waals surface area contributed by atoms with Crippen LogP contribution in [-0.2, 0) is 16.0 Å². The number of hydrogen-bond acceptors (Lipinski definition) is 2. The monoisotopic (exact) mass is 294 g/mol. The zero-order valence-corrected chi connectivity index (χ0v) is 12.1. The predicted molar refractivity (Wildman–Crippen MR) is 78.3 cm³/mol. The Kier molecular flexibility index (Phi) is 5.01. The number of piperidine rings is 1. The lowest BCUT2D eigenvalue weighted by Crippen LogP contribution is -2.44. The molecule has 1 aliphatic heterocycles. The molecule has 5 heteroatoms. The first-order valence-electron chi connectivity index (χ1n) is 6.88. The van der Waals surface area contributed by atoms with Crippen LogP contribution in [0.25, 0.3) is 0 Å². The van der Waals surface area contributed by atoms with Crippen molar-refractivity contribution in [2.45, 2.75) is 25.7 Å². The molecule has 0 bridgehead atoms. The van der Waals surface area contributed by atoms with Crippen LogP contribution in [0.1, 0.15) is 24.8 Å². The maximum Gasteiger partial charge on any atom is 0.222 e. The van der Waals surface area contributed by atoms with Crippen LogP contribution in [0.4, 0.5) is 0 Å². The topological polar surface area (TPSA) is 63.4 Å². The van der Waals surface area contributed by atoms with E-state index in [9.17, 15) is 9.59 Å². The van der Waals surface area contributed by atoms with Crippen LogP contribution in [0.3, 0.4) is 0 Å². The van der Waals surface area contributed by atoms with Crippen LogP contribution in [0.5, 0.6) is 0 Å². The Morgan fingerprint density at radius 3 is 2.90 bits per heavy atom. The van der Waals surface area contributed by atoms with Gasteiger partial charge in [-0.15, -0.1) is 0 Å². The highest BCUT2D eigenvalue weighted by Crippen LogP contribution is 2.18. The van der Waals surface area contributed by atoms with Gasteiger partial charge in [-0.3, -0.25) is 9.59 Å². The minimum Gasteiger partial charge on any atom is -0.369 e. The third kappa shape index (κ3) is 3.97. The van der Waals surface area contributed by atoms with Gasteiger partial charge in [-0.1, -0.05) is 23.7 Å². The smallest absolute Gasteiger partial charge is 0.222 e. The van der Waals surface area contributed by atoms with Crippen molar-refractivity contribution in [3.63, 3.8) is 0 Å². The molecule has 20 heavy (non-hydrogen) atoms. The van der Waals surface area contributed by atoms with Gasteiger partial charge in [0.15, 0.2) is 0 Å². The van der Waals surface area contributed by atoms with E-state index in [1.165, 1.54) is 0 Å². The van der Waals surface area contributed by atoms with Crippen LogP contribution in [0, 0.1) is 5.92 Å². The second-order valence-corrected chi connectivity index (χ2v) is 5.65. The summed E-state index contributed by atoms with van der Waals surface area (Å²) >= 11 is 5.92. The molecule has 2 amide bonds. The number of aryl methyl sites for hydroxylation is 1. The third-order valence-electron chi connectivity index (χ3n) is 3.69. The lowest BCUT2D eigenvalue weighted by molar-refractivity contribution is -0.134. The van der Waals surface area contributed by atoms with Gasteiger partial charge in [0.1, 0.15) is 0 Å². The molecule has 0 saturated carbocycles. The Hall–Kier alpha value is -1.55. The van der Waals surface area contributed by atoms with Crippen molar-refractivity contribution < 1.29 is 9.59 Å². The van der Waals surface area contributed by atoms with Gasteiger partial charge in [0.2, 0.25) is 11.8 Å². The van der Waals surface area contributed by atoms with E-state index in [0.717, 1.165) is 24.9 Å². The van der Waals surface area contributed by atoms with Gasteiger partial charge in [-0.2, -0.15) is 0 Å². The van der Waals surface area contributed by atoms with Crippen LogP contribution >= 0.6 is 11.6 Å². The average molecular weight is 295 g/mol. The largest absolute Gasteiger partial charge is 0.369 e. The van der Waals surface area contributed by atoms with Gasteiger partial charge in [0.25, 0.3) is 0 Å². The second-order valence-electron chi connectivity index (χ2n) is 5.21. The molecule has 0 spiro atoms. The standard InChI is InChI=1S/C15H19ClN2O2/c16-13-5-1-3-11(9-13)6-7-14(19)18-8-2-4-12(10-18)15(17)20/h1,3,5,9,12H,2,4,6-8,10H2,(H2,17,20)/t12-/m0/s1. The van der Waals surface area contributed by atoms with E-state index in [1.807, 2.05) is 24.3 Å². The Bertz CT molecular complexity index is 504. The highest BCUT2D eigenvalue weighted by atomic mass is 35.5. The molecule has 1 fully saturated rings. The molecule has 0 radical (unpaired) electrons. The summed E-state index contributed by atoms with van der Waals surface area (Å²) in [4.78, 5) is 25.1. The minimum absolute atomic E-state index is 0.0796. The quantitative estimate of drug-likeness (QED) is 0.923. The van der Waals surface area contributed by atoms with Gasteiger partial charge < -0.3 is 10.6 Å². The molecule has 0 aromatic heterocycles. The number of hydrogen-bond donors (Lipinski definition) is 1. The average Bonchev–Trinajstić information content (AvgIpc) is 2.45. The van der Waals surface area contributed by atoms with Gasteiger partial charge in [0, 0.05) is 24.5 Å². The zero-order valence-electron chi connectivity index (χ0n) is 11.3. The highest BCUT2D eigenvalue weighted by molar-refractivity contribution is 6.30. The Morgan fingerprint density at radius 2 is 2.20 bits per heavy atom. The molecule has 1 aromatic rings. The van der Waals surface area contributed by atoms with E-state index < -0.39 is 0 Å². The number of carbonyl (C=O) groups is 2. The van der Waals surface area contributed by atoms with Gasteiger partial charge in [-0.05, 0) is 37.0 Å². The van der Waals surface area contributed by atoms with Crippen molar-refractivity contribution in [1.82, 2.24) is 4.90 Å². The van der Waals surface area contributed by atoms with Crippen molar-refractivity contribution in [3.8, 4) is 0 Å². The van der Waals surface area contributed by atoms with E-state index >= 15 is 0 Å². The SMILES string of the molecule is NC(=O)[C@H]1CCCN(C(=O)CCc2cccc(Cl)c2)C1. The van der Waals surface area contributed by atoms with Crippen molar-refractivity contribution in [2.24, 2.45) is 11.7 Å². The number of benzene rings is 1. The fraction of sp³-hybridized carbons (Fsp3) is 0.467. The minimum atomic E-state index is -0.308. The summed E-state index contributed by atoms with van der Waals surface area (Å²) in [6.07, 6.45) is 2.73.